The third-order valence-electron chi connectivity index (χ3n) is 7.81. The second kappa shape index (κ2) is 11.2. The van der Waals surface area contributed by atoms with E-state index in [1.54, 1.807) is 12.1 Å². The van der Waals surface area contributed by atoms with Crippen LogP contribution in [0.1, 0.15) is 81.6 Å². The van der Waals surface area contributed by atoms with Crippen LogP contribution in [0.2, 0.25) is 0 Å². The zero-order valence-corrected chi connectivity index (χ0v) is 20.4. The van der Waals surface area contributed by atoms with E-state index in [0.717, 1.165) is 43.5 Å². The number of nitrogens with zero attached hydrogens (tertiary/aromatic N) is 4. The van der Waals surface area contributed by atoms with Crippen molar-refractivity contribution in [3.63, 3.8) is 0 Å². The van der Waals surface area contributed by atoms with Crippen LogP contribution in [0, 0.1) is 17.7 Å². The van der Waals surface area contributed by atoms with Gasteiger partial charge in [0.1, 0.15) is 18.2 Å². The van der Waals surface area contributed by atoms with Crippen molar-refractivity contribution in [2.75, 3.05) is 0 Å². The number of hydrogen-bond donors (Lipinski definition) is 0. The summed E-state index contributed by atoms with van der Waals surface area (Å²) in [4.78, 5) is 22.5. The first-order valence-corrected chi connectivity index (χ1v) is 13.3. The molecule has 6 heteroatoms. The molecule has 0 amide bonds. The normalized spacial score (nSPS) is 21.2. The molecule has 5 rings (SSSR count). The van der Waals surface area contributed by atoms with E-state index in [-0.39, 0.29) is 18.1 Å². The van der Waals surface area contributed by atoms with Gasteiger partial charge in [0.15, 0.2) is 11.6 Å². The number of Topliss-reactive ketones (excluding diaryl/α,β-unsaturated/α-hetero) is 1. The predicted octanol–water partition coefficient (Wildman–Crippen LogP) is 6.54. The Labute approximate surface area is 207 Å². The lowest BCUT2D eigenvalue weighted by molar-refractivity contribution is -0.121. The predicted molar refractivity (Wildman–Crippen MR) is 134 cm³/mol. The quantitative estimate of drug-likeness (QED) is 0.372. The maximum Gasteiger partial charge on any atom is 0.181 e. The van der Waals surface area contributed by atoms with Crippen LogP contribution in [0.5, 0.6) is 0 Å². The zero-order valence-electron chi connectivity index (χ0n) is 20.4. The van der Waals surface area contributed by atoms with Crippen LogP contribution in [-0.2, 0) is 17.8 Å². The van der Waals surface area contributed by atoms with E-state index >= 15 is 0 Å². The molecule has 35 heavy (non-hydrogen) atoms. The largest absolute Gasteiger partial charge is 0.298 e. The highest BCUT2D eigenvalue weighted by molar-refractivity contribution is 5.78. The van der Waals surface area contributed by atoms with Gasteiger partial charge in [0.05, 0.1) is 0 Å². The molecule has 2 saturated carbocycles. The summed E-state index contributed by atoms with van der Waals surface area (Å²) in [5.41, 5.74) is 1.96. The van der Waals surface area contributed by atoms with Gasteiger partial charge in [-0.2, -0.15) is 5.10 Å². The van der Waals surface area contributed by atoms with Gasteiger partial charge in [-0.15, -0.1) is 0 Å². The number of carbonyl (C=O) groups is 1. The van der Waals surface area contributed by atoms with Crippen molar-refractivity contribution >= 4 is 5.78 Å². The number of benzene rings is 1. The first-order valence-electron chi connectivity index (χ1n) is 13.3. The molecule has 0 aliphatic heterocycles. The van der Waals surface area contributed by atoms with Gasteiger partial charge >= 0.3 is 0 Å². The summed E-state index contributed by atoms with van der Waals surface area (Å²) in [6.45, 7) is 0.286. The fraction of sp³-hybridized carbons (Fsp3) is 0.517. The molecule has 5 nitrogen and oxygen atoms in total. The fourth-order valence-corrected chi connectivity index (χ4v) is 5.86. The van der Waals surface area contributed by atoms with E-state index in [9.17, 15) is 9.18 Å². The minimum Gasteiger partial charge on any atom is -0.298 e. The lowest BCUT2D eigenvalue weighted by Crippen LogP contribution is -2.22. The van der Waals surface area contributed by atoms with Crippen molar-refractivity contribution in [3.05, 3.63) is 66.0 Å². The summed E-state index contributed by atoms with van der Waals surface area (Å²) in [6.07, 6.45) is 13.9. The second-order valence-electron chi connectivity index (χ2n) is 10.4. The monoisotopic (exact) mass is 474 g/mol. The molecular formula is C29H35FN4O. The van der Waals surface area contributed by atoms with Crippen molar-refractivity contribution in [2.24, 2.45) is 11.8 Å². The molecule has 2 aromatic heterocycles. The summed E-state index contributed by atoms with van der Waals surface area (Å²) in [5.74, 6) is 2.96. The SMILES string of the molecule is O=C(CC1CCC(Cc2ccccn2)CC1)Cn1nc(-c2ccc(F)cc2)nc1C1CCCCC1. The Balaban J connectivity index is 1.21. The smallest absolute Gasteiger partial charge is 0.181 e. The number of pyridine rings is 1. The molecule has 0 bridgehead atoms. The van der Waals surface area contributed by atoms with E-state index in [0.29, 0.717) is 30.0 Å². The van der Waals surface area contributed by atoms with E-state index in [2.05, 4.69) is 17.1 Å². The number of ketones is 1. The molecule has 0 unspecified atom stereocenters. The molecule has 0 spiro atoms. The number of halogens is 1. The van der Waals surface area contributed by atoms with Crippen LogP contribution in [0.15, 0.2) is 48.7 Å². The highest BCUT2D eigenvalue weighted by atomic mass is 19.1. The van der Waals surface area contributed by atoms with Crippen molar-refractivity contribution in [3.8, 4) is 11.4 Å². The van der Waals surface area contributed by atoms with Crippen LogP contribution < -0.4 is 0 Å². The van der Waals surface area contributed by atoms with E-state index < -0.39 is 0 Å². The van der Waals surface area contributed by atoms with Gasteiger partial charge in [0.2, 0.25) is 0 Å². The summed E-state index contributed by atoms with van der Waals surface area (Å²) < 4.78 is 15.3. The molecular weight excluding hydrogens is 439 g/mol. The third-order valence-corrected chi connectivity index (χ3v) is 7.81. The highest BCUT2D eigenvalue weighted by Gasteiger charge is 2.27. The molecule has 2 fully saturated rings. The van der Waals surface area contributed by atoms with Crippen LogP contribution in [0.25, 0.3) is 11.4 Å². The minimum absolute atomic E-state index is 0.241. The van der Waals surface area contributed by atoms with Gasteiger partial charge in [0.25, 0.3) is 0 Å². The highest BCUT2D eigenvalue weighted by Crippen LogP contribution is 2.34. The average molecular weight is 475 g/mol. The zero-order chi connectivity index (χ0) is 24.0. The maximum atomic E-state index is 13.4. The molecule has 2 aliphatic carbocycles. The fourth-order valence-electron chi connectivity index (χ4n) is 5.86. The molecule has 0 radical (unpaired) electrons. The Hall–Kier alpha value is -2.89. The van der Waals surface area contributed by atoms with Gasteiger partial charge in [-0.3, -0.25) is 9.78 Å². The van der Waals surface area contributed by atoms with Crippen LogP contribution in [0.3, 0.4) is 0 Å². The Morgan fingerprint density at radius 1 is 0.914 bits per heavy atom. The number of hydrogen-bond acceptors (Lipinski definition) is 4. The van der Waals surface area contributed by atoms with Gasteiger partial charge in [-0.1, -0.05) is 25.3 Å². The maximum absolute atomic E-state index is 13.4. The van der Waals surface area contributed by atoms with Crippen molar-refractivity contribution < 1.29 is 9.18 Å². The van der Waals surface area contributed by atoms with Gasteiger partial charge in [-0.25, -0.2) is 14.1 Å². The lowest BCUT2D eigenvalue weighted by atomic mass is 9.78. The number of aromatic nitrogens is 4. The first kappa shape index (κ1) is 23.8. The summed E-state index contributed by atoms with van der Waals surface area (Å²) in [7, 11) is 0. The molecule has 0 saturated heterocycles. The van der Waals surface area contributed by atoms with Crippen LogP contribution in [-0.4, -0.2) is 25.5 Å². The third kappa shape index (κ3) is 6.22. The molecule has 0 N–H and O–H groups in total. The molecule has 2 aliphatic rings. The Kier molecular flexibility index (Phi) is 7.65. The summed E-state index contributed by atoms with van der Waals surface area (Å²) >= 11 is 0. The Bertz CT molecular complexity index is 1100. The topological polar surface area (TPSA) is 60.7 Å². The Morgan fingerprint density at radius 2 is 1.66 bits per heavy atom. The molecule has 2 heterocycles. The average Bonchev–Trinajstić information content (AvgIpc) is 3.30. The molecule has 1 aromatic carbocycles. The Morgan fingerprint density at radius 3 is 2.37 bits per heavy atom. The van der Waals surface area contributed by atoms with Crippen molar-refractivity contribution in [1.29, 1.82) is 0 Å². The molecule has 3 aromatic rings. The molecule has 0 atom stereocenters. The first-order chi connectivity index (χ1) is 17.1. The van der Waals surface area contributed by atoms with E-state index in [4.69, 9.17) is 10.1 Å². The molecule has 184 valence electrons. The number of carbonyl (C=O) groups excluding carboxylic acids is 1. The van der Waals surface area contributed by atoms with Gasteiger partial charge in [0, 0.05) is 29.8 Å². The summed E-state index contributed by atoms with van der Waals surface area (Å²) in [5, 5.41) is 4.73. The standard InChI is InChI=1S/C29H35FN4O/c30-25-15-13-23(14-16-25)28-32-29(24-6-2-1-3-7-24)34(33-28)20-27(35)19-22-11-9-21(10-12-22)18-26-8-4-5-17-31-26/h4-5,8,13-17,21-22,24H,1-3,6-7,9-12,18-20H2. The summed E-state index contributed by atoms with van der Waals surface area (Å²) in [6, 6.07) is 12.4. The minimum atomic E-state index is -0.273. The van der Waals surface area contributed by atoms with Gasteiger partial charge < -0.3 is 0 Å². The van der Waals surface area contributed by atoms with E-state index in [1.807, 2.05) is 16.9 Å². The lowest BCUT2D eigenvalue weighted by Gasteiger charge is -2.28. The van der Waals surface area contributed by atoms with Crippen molar-refractivity contribution in [2.45, 2.75) is 83.1 Å². The van der Waals surface area contributed by atoms with Crippen LogP contribution >= 0.6 is 0 Å². The van der Waals surface area contributed by atoms with Crippen molar-refractivity contribution in [1.82, 2.24) is 19.7 Å². The van der Waals surface area contributed by atoms with E-state index in [1.165, 1.54) is 49.9 Å². The second-order valence-corrected chi connectivity index (χ2v) is 10.4. The number of rotatable bonds is 8. The van der Waals surface area contributed by atoms with Gasteiger partial charge in [-0.05, 0) is 93.2 Å². The van der Waals surface area contributed by atoms with Crippen LogP contribution in [0.4, 0.5) is 4.39 Å².